The van der Waals surface area contributed by atoms with E-state index in [1.54, 1.807) is 0 Å². The van der Waals surface area contributed by atoms with Crippen LogP contribution in [0.2, 0.25) is 0 Å². The van der Waals surface area contributed by atoms with Gasteiger partial charge in [-0.1, -0.05) is 29.8 Å². The molecule has 1 fully saturated rings. The molecule has 0 bridgehead atoms. The molecule has 0 unspecified atom stereocenters. The Morgan fingerprint density at radius 2 is 1.72 bits per heavy atom. The fourth-order valence-electron chi connectivity index (χ4n) is 4.21. The summed E-state index contributed by atoms with van der Waals surface area (Å²) in [5.74, 6) is 2.11. The van der Waals surface area contributed by atoms with Crippen LogP contribution in [0.4, 0.5) is 22.2 Å². The van der Waals surface area contributed by atoms with Crippen LogP contribution in [0.1, 0.15) is 31.2 Å². The number of carbonyl (C=O) groups excluding carboxylic acids is 1. The minimum Gasteiger partial charge on any atom is -0.362 e. The van der Waals surface area contributed by atoms with Crippen LogP contribution in [0, 0.1) is 12.8 Å². The molecule has 1 saturated carbocycles. The van der Waals surface area contributed by atoms with E-state index in [0.717, 1.165) is 48.1 Å². The van der Waals surface area contributed by atoms with E-state index in [1.165, 1.54) is 5.56 Å². The Hall–Kier alpha value is -3.35. The number of nitrogens with one attached hydrogen (secondary N) is 3. The highest BCUT2D eigenvalue weighted by atomic mass is 16.2. The highest BCUT2D eigenvalue weighted by Gasteiger charge is 2.22. The van der Waals surface area contributed by atoms with Gasteiger partial charge in [0, 0.05) is 37.8 Å². The topological polar surface area (TPSA) is 82.2 Å². The Morgan fingerprint density at radius 1 is 1.00 bits per heavy atom. The molecular weight excluding hydrogens is 400 g/mol. The minimum atomic E-state index is -0.144. The molecule has 7 heteroatoms. The van der Waals surface area contributed by atoms with Crippen molar-refractivity contribution >= 4 is 34.4 Å². The number of aromatic nitrogens is 2. The number of urea groups is 1. The maximum Gasteiger partial charge on any atom is 0.319 e. The summed E-state index contributed by atoms with van der Waals surface area (Å²) in [4.78, 5) is 23.7. The van der Waals surface area contributed by atoms with Gasteiger partial charge in [0.05, 0.1) is 5.52 Å². The second-order valence-corrected chi connectivity index (χ2v) is 8.85. The number of benzene rings is 2. The molecule has 32 heavy (non-hydrogen) atoms. The van der Waals surface area contributed by atoms with Crippen molar-refractivity contribution in [2.45, 2.75) is 38.6 Å². The molecule has 4 rings (SSSR count). The number of fused-ring (bicyclic) bond motifs is 1. The molecule has 168 valence electrons. The van der Waals surface area contributed by atoms with Crippen LogP contribution >= 0.6 is 0 Å². The van der Waals surface area contributed by atoms with Crippen LogP contribution in [0.15, 0.2) is 48.5 Å². The molecule has 1 aliphatic rings. The Kier molecular flexibility index (Phi) is 6.73. The Bertz CT molecular complexity index is 1060. The first-order valence-corrected chi connectivity index (χ1v) is 11.3. The number of para-hydroxylation sites is 1. The molecule has 7 nitrogen and oxygen atoms in total. The third-order valence-corrected chi connectivity index (χ3v) is 6.05. The third kappa shape index (κ3) is 5.46. The van der Waals surface area contributed by atoms with E-state index in [9.17, 15) is 4.79 Å². The second kappa shape index (κ2) is 9.85. The molecular formula is C25H32N6O. The van der Waals surface area contributed by atoms with Crippen molar-refractivity contribution in [3.05, 3.63) is 54.1 Å². The van der Waals surface area contributed by atoms with Crippen molar-refractivity contribution < 1.29 is 4.79 Å². The molecule has 0 atom stereocenters. The monoisotopic (exact) mass is 432 g/mol. The molecule has 1 heterocycles. The zero-order valence-electron chi connectivity index (χ0n) is 19.1. The number of aryl methyl sites for hydroxylation is 1. The maximum absolute atomic E-state index is 12.2. The number of carbonyl (C=O) groups is 1. The number of hydrogen-bond acceptors (Lipinski definition) is 5. The largest absolute Gasteiger partial charge is 0.362 e. The second-order valence-electron chi connectivity index (χ2n) is 8.85. The van der Waals surface area contributed by atoms with E-state index >= 15 is 0 Å². The van der Waals surface area contributed by atoms with Gasteiger partial charge in [0.1, 0.15) is 5.82 Å². The summed E-state index contributed by atoms with van der Waals surface area (Å²) in [5.41, 5.74) is 2.94. The minimum absolute atomic E-state index is 0.144. The molecule has 0 radical (unpaired) electrons. The molecule has 0 spiro atoms. The lowest BCUT2D eigenvalue weighted by Gasteiger charge is -2.29. The van der Waals surface area contributed by atoms with E-state index in [1.807, 2.05) is 68.4 Å². The van der Waals surface area contributed by atoms with Crippen LogP contribution in [-0.4, -0.2) is 42.7 Å². The molecule has 1 aromatic heterocycles. The predicted molar refractivity (Wildman–Crippen MR) is 131 cm³/mol. The van der Waals surface area contributed by atoms with Crippen molar-refractivity contribution in [2.24, 2.45) is 5.92 Å². The first-order chi connectivity index (χ1) is 15.5. The van der Waals surface area contributed by atoms with Crippen LogP contribution in [0.25, 0.3) is 10.9 Å². The molecule has 3 aromatic rings. The summed E-state index contributed by atoms with van der Waals surface area (Å²) < 4.78 is 0. The molecule has 0 aliphatic heterocycles. The van der Waals surface area contributed by atoms with Gasteiger partial charge in [0.25, 0.3) is 0 Å². The molecule has 2 amide bonds. The van der Waals surface area contributed by atoms with E-state index in [2.05, 4.69) is 22.0 Å². The average Bonchev–Trinajstić information content (AvgIpc) is 2.79. The highest BCUT2D eigenvalue weighted by molar-refractivity contribution is 5.90. The van der Waals surface area contributed by atoms with Gasteiger partial charge in [-0.05, 0) is 62.8 Å². The Morgan fingerprint density at radius 3 is 2.44 bits per heavy atom. The molecule has 3 N–H and O–H groups in total. The summed E-state index contributed by atoms with van der Waals surface area (Å²) in [6, 6.07) is 16.1. The molecule has 1 aliphatic carbocycles. The highest BCUT2D eigenvalue weighted by Crippen LogP contribution is 2.28. The van der Waals surface area contributed by atoms with Gasteiger partial charge >= 0.3 is 6.03 Å². The number of rotatable bonds is 6. The summed E-state index contributed by atoms with van der Waals surface area (Å²) in [5, 5.41) is 10.5. The lowest BCUT2D eigenvalue weighted by Crippen LogP contribution is -2.36. The standard InChI is InChI=1S/C25H32N6O/c1-17-8-12-20(13-9-17)28-25(32)26-16-18-10-14-19(15-11-18)27-24-29-22-7-5-4-6-21(22)23(30-24)31(2)3/h4-9,12-13,18-19H,10-11,14-16H2,1-3H3,(H2,26,28,32)(H,27,29,30)/t18-,19+. The molecule has 2 aromatic carbocycles. The van der Waals surface area contributed by atoms with Crippen molar-refractivity contribution in [1.82, 2.24) is 15.3 Å². The number of anilines is 3. The summed E-state index contributed by atoms with van der Waals surface area (Å²) in [7, 11) is 4.01. The first kappa shape index (κ1) is 21.9. The van der Waals surface area contributed by atoms with E-state index in [-0.39, 0.29) is 6.03 Å². The number of nitrogens with zero attached hydrogens (tertiary/aromatic N) is 3. The predicted octanol–water partition coefficient (Wildman–Crippen LogP) is 4.80. The Balaban J connectivity index is 1.27. The van der Waals surface area contributed by atoms with E-state index in [4.69, 9.17) is 9.97 Å². The number of amides is 2. The van der Waals surface area contributed by atoms with Gasteiger partial charge in [-0.2, -0.15) is 4.98 Å². The van der Waals surface area contributed by atoms with Crippen LogP contribution in [0.5, 0.6) is 0 Å². The lowest BCUT2D eigenvalue weighted by molar-refractivity contribution is 0.246. The third-order valence-electron chi connectivity index (χ3n) is 6.05. The van der Waals surface area contributed by atoms with Gasteiger partial charge in [0.15, 0.2) is 0 Å². The summed E-state index contributed by atoms with van der Waals surface area (Å²) >= 11 is 0. The van der Waals surface area contributed by atoms with E-state index in [0.29, 0.717) is 24.5 Å². The first-order valence-electron chi connectivity index (χ1n) is 11.3. The van der Waals surface area contributed by atoms with Gasteiger partial charge in [-0.3, -0.25) is 0 Å². The fourth-order valence-corrected chi connectivity index (χ4v) is 4.21. The fraction of sp³-hybridized carbons (Fsp3) is 0.400. The van der Waals surface area contributed by atoms with Crippen molar-refractivity contribution in [3.8, 4) is 0 Å². The van der Waals surface area contributed by atoms with Crippen molar-refractivity contribution in [1.29, 1.82) is 0 Å². The summed E-state index contributed by atoms with van der Waals surface area (Å²) in [6.45, 7) is 2.73. The average molecular weight is 433 g/mol. The number of hydrogen-bond donors (Lipinski definition) is 3. The van der Waals surface area contributed by atoms with Crippen molar-refractivity contribution in [2.75, 3.05) is 36.2 Å². The van der Waals surface area contributed by atoms with Gasteiger partial charge < -0.3 is 20.9 Å². The van der Waals surface area contributed by atoms with Gasteiger partial charge in [0.2, 0.25) is 5.95 Å². The SMILES string of the molecule is Cc1ccc(NC(=O)NC[C@H]2CC[C@@H](Nc3nc(N(C)C)c4ccccc4n3)CC2)cc1. The van der Waals surface area contributed by atoms with E-state index < -0.39 is 0 Å². The maximum atomic E-state index is 12.2. The zero-order chi connectivity index (χ0) is 22.5. The summed E-state index contributed by atoms with van der Waals surface area (Å²) in [6.07, 6.45) is 4.21. The van der Waals surface area contributed by atoms with Crippen molar-refractivity contribution in [3.63, 3.8) is 0 Å². The quantitative estimate of drug-likeness (QED) is 0.521. The van der Waals surface area contributed by atoms with Crippen LogP contribution < -0.4 is 20.9 Å². The molecule has 0 saturated heterocycles. The Labute approximate surface area is 189 Å². The van der Waals surface area contributed by atoms with Gasteiger partial charge in [-0.25, -0.2) is 9.78 Å². The smallest absolute Gasteiger partial charge is 0.319 e. The van der Waals surface area contributed by atoms with Gasteiger partial charge in [-0.15, -0.1) is 0 Å². The van der Waals surface area contributed by atoms with Crippen LogP contribution in [0.3, 0.4) is 0 Å². The van der Waals surface area contributed by atoms with Crippen LogP contribution in [-0.2, 0) is 0 Å². The lowest BCUT2D eigenvalue weighted by atomic mass is 9.86. The zero-order valence-corrected chi connectivity index (χ0v) is 19.1. The normalized spacial score (nSPS) is 18.2.